The van der Waals surface area contributed by atoms with Crippen molar-refractivity contribution in [2.75, 3.05) is 43.1 Å². The zero-order valence-electron chi connectivity index (χ0n) is 19.7. The molecule has 2 aromatic rings. The SMILES string of the molecule is CCNC(=O)Nc1ccc(-c2nc3c(c(N4CCOC[C@@H]4C)n2)CCN(C(C)=O)C3C)cc1. The number of ether oxygens (including phenoxy) is 1. The van der Waals surface area contributed by atoms with Crippen LogP contribution in [0.15, 0.2) is 24.3 Å². The van der Waals surface area contributed by atoms with Crippen LogP contribution in [0.1, 0.15) is 45.0 Å². The molecule has 176 valence electrons. The lowest BCUT2D eigenvalue weighted by Gasteiger charge is -2.39. The number of anilines is 2. The smallest absolute Gasteiger partial charge is 0.319 e. The molecule has 2 aliphatic rings. The topological polar surface area (TPSA) is 99.7 Å². The molecule has 1 saturated heterocycles. The summed E-state index contributed by atoms with van der Waals surface area (Å²) < 4.78 is 5.65. The number of amides is 3. The first-order chi connectivity index (χ1) is 15.9. The highest BCUT2D eigenvalue weighted by molar-refractivity contribution is 5.89. The summed E-state index contributed by atoms with van der Waals surface area (Å²) in [5, 5.41) is 5.53. The van der Waals surface area contributed by atoms with E-state index in [9.17, 15) is 9.59 Å². The highest BCUT2D eigenvalue weighted by atomic mass is 16.5. The van der Waals surface area contributed by atoms with Crippen LogP contribution < -0.4 is 15.5 Å². The van der Waals surface area contributed by atoms with Gasteiger partial charge in [0.2, 0.25) is 5.91 Å². The maximum Gasteiger partial charge on any atom is 0.319 e. The van der Waals surface area contributed by atoms with E-state index in [1.165, 1.54) is 0 Å². The van der Waals surface area contributed by atoms with Crippen LogP contribution in [0.4, 0.5) is 16.3 Å². The van der Waals surface area contributed by atoms with Gasteiger partial charge in [-0.1, -0.05) is 0 Å². The molecule has 0 radical (unpaired) electrons. The molecule has 1 unspecified atom stereocenters. The standard InChI is InChI=1S/C24H32N6O3/c1-5-25-24(32)26-19-8-6-18(7-9-19)22-27-21-16(3)30(17(4)31)11-10-20(21)23(28-22)29-12-13-33-14-15(29)2/h6-9,15-16H,5,10-14H2,1-4H3,(H2,25,26,32)/t15-,16?/m0/s1. The molecule has 3 heterocycles. The lowest BCUT2D eigenvalue weighted by Crippen LogP contribution is -2.46. The molecule has 2 atom stereocenters. The number of nitrogens with one attached hydrogen (secondary N) is 2. The number of rotatable bonds is 4. The fourth-order valence-corrected chi connectivity index (χ4v) is 4.52. The van der Waals surface area contributed by atoms with Gasteiger partial charge in [0.15, 0.2) is 5.82 Å². The Morgan fingerprint density at radius 1 is 1.15 bits per heavy atom. The van der Waals surface area contributed by atoms with Crippen molar-refractivity contribution in [3.05, 3.63) is 35.5 Å². The molecule has 1 fully saturated rings. The molecule has 2 N–H and O–H groups in total. The lowest BCUT2D eigenvalue weighted by molar-refractivity contribution is -0.131. The number of hydrogen-bond donors (Lipinski definition) is 2. The molecule has 9 heteroatoms. The summed E-state index contributed by atoms with van der Waals surface area (Å²) >= 11 is 0. The van der Waals surface area contributed by atoms with Gasteiger partial charge in [-0.25, -0.2) is 14.8 Å². The first kappa shape index (κ1) is 23.0. The van der Waals surface area contributed by atoms with E-state index in [-0.39, 0.29) is 24.0 Å². The largest absolute Gasteiger partial charge is 0.377 e. The Morgan fingerprint density at radius 2 is 1.91 bits per heavy atom. The Kier molecular flexibility index (Phi) is 6.78. The Morgan fingerprint density at radius 3 is 2.58 bits per heavy atom. The van der Waals surface area contributed by atoms with Crippen molar-refractivity contribution in [1.29, 1.82) is 0 Å². The third-order valence-corrected chi connectivity index (χ3v) is 6.27. The van der Waals surface area contributed by atoms with Gasteiger partial charge in [0, 0.05) is 43.4 Å². The zero-order chi connectivity index (χ0) is 23.5. The van der Waals surface area contributed by atoms with Gasteiger partial charge >= 0.3 is 6.03 Å². The van der Waals surface area contributed by atoms with E-state index in [4.69, 9.17) is 14.7 Å². The number of aromatic nitrogens is 2. The molecule has 9 nitrogen and oxygen atoms in total. The average Bonchev–Trinajstić information content (AvgIpc) is 2.80. The van der Waals surface area contributed by atoms with Crippen LogP contribution in [0.5, 0.6) is 0 Å². The van der Waals surface area contributed by atoms with E-state index in [2.05, 4.69) is 22.5 Å². The molecule has 0 spiro atoms. The fraction of sp³-hybridized carbons (Fsp3) is 0.500. The van der Waals surface area contributed by atoms with Crippen molar-refractivity contribution in [3.8, 4) is 11.4 Å². The van der Waals surface area contributed by atoms with Crippen LogP contribution in [-0.2, 0) is 16.0 Å². The van der Waals surface area contributed by atoms with E-state index < -0.39 is 0 Å². The number of morpholine rings is 1. The second-order valence-electron chi connectivity index (χ2n) is 8.55. The molecule has 0 saturated carbocycles. The van der Waals surface area contributed by atoms with Crippen LogP contribution >= 0.6 is 0 Å². The number of nitrogens with zero attached hydrogens (tertiary/aromatic N) is 4. The number of fused-ring (bicyclic) bond motifs is 1. The van der Waals surface area contributed by atoms with Crippen LogP contribution in [0.2, 0.25) is 0 Å². The number of benzene rings is 1. The first-order valence-corrected chi connectivity index (χ1v) is 11.6. The van der Waals surface area contributed by atoms with Crippen LogP contribution in [0.25, 0.3) is 11.4 Å². The van der Waals surface area contributed by atoms with E-state index in [0.717, 1.165) is 35.6 Å². The third-order valence-electron chi connectivity index (χ3n) is 6.27. The molecule has 33 heavy (non-hydrogen) atoms. The molecule has 3 amide bonds. The second-order valence-corrected chi connectivity index (χ2v) is 8.55. The van der Waals surface area contributed by atoms with Crippen molar-refractivity contribution >= 4 is 23.4 Å². The molecule has 2 aliphatic heterocycles. The van der Waals surface area contributed by atoms with E-state index in [1.54, 1.807) is 6.92 Å². The lowest BCUT2D eigenvalue weighted by atomic mass is 9.97. The van der Waals surface area contributed by atoms with Crippen molar-refractivity contribution in [2.24, 2.45) is 0 Å². The first-order valence-electron chi connectivity index (χ1n) is 11.6. The van der Waals surface area contributed by atoms with E-state index >= 15 is 0 Å². The molecule has 4 rings (SSSR count). The van der Waals surface area contributed by atoms with Crippen LogP contribution in [0, 0.1) is 0 Å². The zero-order valence-corrected chi connectivity index (χ0v) is 19.7. The summed E-state index contributed by atoms with van der Waals surface area (Å²) in [5.74, 6) is 1.60. The predicted molar refractivity (Wildman–Crippen MR) is 127 cm³/mol. The number of hydrogen-bond acceptors (Lipinski definition) is 6. The summed E-state index contributed by atoms with van der Waals surface area (Å²) in [7, 11) is 0. The number of carbonyl (C=O) groups excluding carboxylic acids is 2. The second kappa shape index (κ2) is 9.74. The van der Waals surface area contributed by atoms with Gasteiger partial charge in [-0.15, -0.1) is 0 Å². The monoisotopic (exact) mass is 452 g/mol. The molecule has 1 aromatic heterocycles. The van der Waals surface area contributed by atoms with Gasteiger partial charge in [-0.3, -0.25) is 4.79 Å². The summed E-state index contributed by atoms with van der Waals surface area (Å²) in [6.07, 6.45) is 0.730. The van der Waals surface area contributed by atoms with Crippen molar-refractivity contribution in [2.45, 2.75) is 46.2 Å². The Balaban J connectivity index is 1.73. The molecular weight excluding hydrogens is 420 g/mol. The molecule has 1 aromatic carbocycles. The highest BCUT2D eigenvalue weighted by Crippen LogP contribution is 2.36. The van der Waals surface area contributed by atoms with Gasteiger partial charge < -0.3 is 25.2 Å². The maximum absolute atomic E-state index is 12.2. The predicted octanol–water partition coefficient (Wildman–Crippen LogP) is 2.98. The van der Waals surface area contributed by atoms with Crippen molar-refractivity contribution in [1.82, 2.24) is 20.2 Å². The van der Waals surface area contributed by atoms with Gasteiger partial charge in [0.1, 0.15) is 5.82 Å². The summed E-state index contributed by atoms with van der Waals surface area (Å²) in [6, 6.07) is 7.35. The minimum atomic E-state index is -0.239. The van der Waals surface area contributed by atoms with Gasteiger partial charge in [0.05, 0.1) is 31.0 Å². The average molecular weight is 453 g/mol. The van der Waals surface area contributed by atoms with E-state index in [1.807, 2.05) is 43.0 Å². The van der Waals surface area contributed by atoms with Crippen molar-refractivity contribution in [3.63, 3.8) is 0 Å². The van der Waals surface area contributed by atoms with Crippen LogP contribution in [-0.4, -0.2) is 65.7 Å². The summed E-state index contributed by atoms with van der Waals surface area (Å²) in [5.41, 5.74) is 3.57. The Bertz CT molecular complexity index is 1030. The fourth-order valence-electron chi connectivity index (χ4n) is 4.52. The number of urea groups is 1. The number of carbonyl (C=O) groups is 2. The summed E-state index contributed by atoms with van der Waals surface area (Å²) in [6.45, 7) is 11.0. The minimum Gasteiger partial charge on any atom is -0.377 e. The molecule has 0 bridgehead atoms. The quantitative estimate of drug-likeness (QED) is 0.740. The van der Waals surface area contributed by atoms with Gasteiger partial charge in [0.25, 0.3) is 0 Å². The van der Waals surface area contributed by atoms with E-state index in [0.29, 0.717) is 37.8 Å². The Labute approximate surface area is 194 Å². The summed E-state index contributed by atoms with van der Waals surface area (Å²) in [4.78, 5) is 38.1. The van der Waals surface area contributed by atoms with Gasteiger partial charge in [-0.05, 0) is 51.5 Å². The van der Waals surface area contributed by atoms with Crippen LogP contribution in [0.3, 0.4) is 0 Å². The normalized spacial score (nSPS) is 20.2. The van der Waals surface area contributed by atoms with Crippen molar-refractivity contribution < 1.29 is 14.3 Å². The Hall–Kier alpha value is -3.20. The minimum absolute atomic E-state index is 0.0513. The molecular formula is C24H32N6O3. The molecule has 0 aliphatic carbocycles. The third kappa shape index (κ3) is 4.78. The maximum atomic E-state index is 12.2. The van der Waals surface area contributed by atoms with Gasteiger partial charge in [-0.2, -0.15) is 0 Å². The highest BCUT2D eigenvalue weighted by Gasteiger charge is 2.33.